The average Bonchev–Trinajstić information content (AvgIpc) is 2.38. The van der Waals surface area contributed by atoms with Crippen LogP contribution in [0.4, 0.5) is 5.69 Å². The molecule has 0 N–H and O–H groups in total. The fourth-order valence-corrected chi connectivity index (χ4v) is 2.45. The molecule has 4 heteroatoms. The van der Waals surface area contributed by atoms with E-state index in [1.807, 2.05) is 36.4 Å². The topological polar surface area (TPSA) is 43.1 Å². The summed E-state index contributed by atoms with van der Waals surface area (Å²) < 4.78 is 0. The summed E-state index contributed by atoms with van der Waals surface area (Å²) in [6.07, 6.45) is 0. The maximum absolute atomic E-state index is 10.8. The lowest BCUT2D eigenvalue weighted by atomic mass is 10.2. The standard InChI is InChI=1S/C13H11NO2S/c15-14(16)12-8-4-5-9-13(12)17-10-11-6-2-1-3-7-11/h1-9H,10H2/i4+1,5+1,8+1,9+1,12+1,13+1. The maximum Gasteiger partial charge on any atom is 0.282 e. The van der Waals surface area contributed by atoms with Crippen LogP contribution in [-0.4, -0.2) is 4.92 Å². The molecule has 0 saturated carbocycles. The Kier molecular flexibility index (Phi) is 3.77. The molecule has 2 aromatic rings. The van der Waals surface area contributed by atoms with Gasteiger partial charge in [-0.3, -0.25) is 10.1 Å². The molecule has 0 aliphatic rings. The molecule has 0 atom stereocenters. The van der Waals surface area contributed by atoms with Gasteiger partial charge in [0.15, 0.2) is 0 Å². The minimum Gasteiger partial charge on any atom is -0.258 e. The molecular formula is C13H11NO2S. The fourth-order valence-electron chi connectivity index (χ4n) is 1.47. The number of para-hydroxylation sites is 1. The molecule has 0 amide bonds. The van der Waals surface area contributed by atoms with Crippen molar-refractivity contribution in [2.24, 2.45) is 0 Å². The Labute approximate surface area is 104 Å². The van der Waals surface area contributed by atoms with Crippen LogP contribution in [0.2, 0.25) is 0 Å². The quantitative estimate of drug-likeness (QED) is 0.470. The molecule has 0 aliphatic heterocycles. The van der Waals surface area contributed by atoms with E-state index < -0.39 is 0 Å². The first-order chi connectivity index (χ1) is 8.27. The summed E-state index contributed by atoms with van der Waals surface area (Å²) in [6.45, 7) is 0. The molecule has 0 saturated heterocycles. The van der Waals surface area contributed by atoms with E-state index in [-0.39, 0.29) is 10.6 Å². The van der Waals surface area contributed by atoms with Gasteiger partial charge in [0.2, 0.25) is 0 Å². The Morgan fingerprint density at radius 1 is 1.00 bits per heavy atom. The highest BCUT2D eigenvalue weighted by molar-refractivity contribution is 7.98. The third-order valence-corrected chi connectivity index (χ3v) is 3.43. The Bertz CT molecular complexity index is 514. The Morgan fingerprint density at radius 3 is 2.35 bits per heavy atom. The number of nitrogens with zero attached hydrogens (tertiary/aromatic N) is 1. The van der Waals surface area contributed by atoms with Gasteiger partial charge < -0.3 is 0 Å². The van der Waals surface area contributed by atoms with Gasteiger partial charge in [-0.15, -0.1) is 11.8 Å². The molecule has 0 aromatic heterocycles. The van der Waals surface area contributed by atoms with Crippen molar-refractivity contribution in [3.05, 3.63) is 70.3 Å². The molecule has 0 radical (unpaired) electrons. The molecule has 3 nitrogen and oxygen atoms in total. The number of benzene rings is 2. The predicted octanol–water partition coefficient (Wildman–Crippen LogP) is 3.89. The van der Waals surface area contributed by atoms with Crippen molar-refractivity contribution in [3.63, 3.8) is 0 Å². The summed E-state index contributed by atoms with van der Waals surface area (Å²) in [4.78, 5) is 11.2. The van der Waals surface area contributed by atoms with Gasteiger partial charge >= 0.3 is 0 Å². The van der Waals surface area contributed by atoms with E-state index in [0.717, 1.165) is 11.3 Å². The second kappa shape index (κ2) is 5.50. The highest BCUT2D eigenvalue weighted by Crippen LogP contribution is 2.30. The van der Waals surface area contributed by atoms with Crippen LogP contribution in [0.15, 0.2) is 59.5 Å². The second-order valence-corrected chi connectivity index (χ2v) is 4.52. The number of rotatable bonds is 4. The smallest absolute Gasteiger partial charge is 0.258 e. The minimum absolute atomic E-state index is 0.174. The maximum atomic E-state index is 10.8. The largest absolute Gasteiger partial charge is 0.282 e. The van der Waals surface area contributed by atoms with E-state index in [9.17, 15) is 10.1 Å². The zero-order valence-corrected chi connectivity index (χ0v) is 9.89. The first kappa shape index (κ1) is 11.7. The third kappa shape index (κ3) is 3.07. The van der Waals surface area contributed by atoms with Crippen molar-refractivity contribution in [2.45, 2.75) is 10.6 Å². The molecular weight excluding hydrogens is 240 g/mol. The van der Waals surface area contributed by atoms with E-state index in [0.29, 0.717) is 4.90 Å². The molecule has 2 aromatic carbocycles. The lowest BCUT2D eigenvalue weighted by Crippen LogP contribution is -1.90. The van der Waals surface area contributed by atoms with Gasteiger partial charge in [-0.2, -0.15) is 0 Å². The van der Waals surface area contributed by atoms with Gasteiger partial charge in [-0.25, -0.2) is 0 Å². The average molecular weight is 251 g/mol. The van der Waals surface area contributed by atoms with Crippen molar-refractivity contribution in [2.75, 3.05) is 0 Å². The highest BCUT2D eigenvalue weighted by Gasteiger charge is 2.12. The van der Waals surface area contributed by atoms with Crippen LogP contribution in [-0.2, 0) is 5.75 Å². The predicted molar refractivity (Wildman–Crippen MR) is 69.1 cm³/mol. The van der Waals surface area contributed by atoms with Crippen molar-refractivity contribution in [1.29, 1.82) is 0 Å². The number of thioether (sulfide) groups is 1. The fraction of sp³-hybridized carbons (Fsp3) is 0.0769. The number of hydrogen-bond acceptors (Lipinski definition) is 3. The lowest BCUT2D eigenvalue weighted by molar-refractivity contribution is -0.387. The summed E-state index contributed by atoms with van der Waals surface area (Å²) in [5.74, 6) is 0.742. The summed E-state index contributed by atoms with van der Waals surface area (Å²) in [5, 5.41) is 10.8. The van der Waals surface area contributed by atoms with E-state index in [1.165, 1.54) is 17.8 Å². The van der Waals surface area contributed by atoms with Gasteiger partial charge in [0.1, 0.15) is 0 Å². The summed E-state index contributed by atoms with van der Waals surface area (Å²) in [6, 6.07) is 16.7. The van der Waals surface area contributed by atoms with Crippen molar-refractivity contribution in [3.8, 4) is 0 Å². The first-order valence-electron chi connectivity index (χ1n) is 5.17. The molecule has 0 spiro atoms. The van der Waals surface area contributed by atoms with E-state index in [4.69, 9.17) is 0 Å². The van der Waals surface area contributed by atoms with Gasteiger partial charge in [-0.1, -0.05) is 42.5 Å². The number of nitro benzene ring substituents is 1. The van der Waals surface area contributed by atoms with Crippen LogP contribution in [0.1, 0.15) is 5.56 Å². The van der Waals surface area contributed by atoms with Crippen molar-refractivity contribution in [1.82, 2.24) is 0 Å². The second-order valence-electron chi connectivity index (χ2n) is 3.50. The molecule has 2 rings (SSSR count). The summed E-state index contributed by atoms with van der Waals surface area (Å²) >= 11 is 1.49. The summed E-state index contributed by atoms with van der Waals surface area (Å²) in [5.41, 5.74) is 1.34. The molecule has 0 heterocycles. The molecule has 0 fully saturated rings. The van der Waals surface area contributed by atoms with E-state index in [2.05, 4.69) is 0 Å². The first-order valence-corrected chi connectivity index (χ1v) is 6.16. The SMILES string of the molecule is O=[N+]([O-])[13c]1[13cH][13cH][13cH][13cH][13c]1SCc1ccccc1. The van der Waals surface area contributed by atoms with Crippen molar-refractivity contribution >= 4 is 17.4 Å². The van der Waals surface area contributed by atoms with Gasteiger partial charge in [0, 0.05) is 11.8 Å². The zero-order valence-electron chi connectivity index (χ0n) is 9.08. The number of hydrogen-bond donors (Lipinski definition) is 0. The molecule has 0 aliphatic carbocycles. The van der Waals surface area contributed by atoms with Gasteiger partial charge in [0.05, 0.1) is 9.82 Å². The van der Waals surface area contributed by atoms with Crippen LogP contribution in [0.3, 0.4) is 0 Å². The number of nitro groups is 1. The molecule has 0 unspecified atom stereocenters. The van der Waals surface area contributed by atoms with Gasteiger partial charge in [-0.05, 0) is 11.6 Å². The molecule has 0 bridgehead atoms. The molecule has 17 heavy (non-hydrogen) atoms. The normalized spacial score (nSPS) is 10.1. The Balaban J connectivity index is 2.12. The van der Waals surface area contributed by atoms with E-state index >= 15 is 0 Å². The highest BCUT2D eigenvalue weighted by atomic mass is 32.2. The van der Waals surface area contributed by atoms with Crippen LogP contribution in [0.5, 0.6) is 0 Å². The van der Waals surface area contributed by atoms with Crippen LogP contribution >= 0.6 is 11.8 Å². The van der Waals surface area contributed by atoms with Crippen LogP contribution in [0, 0.1) is 10.1 Å². The zero-order chi connectivity index (χ0) is 12.1. The third-order valence-electron chi connectivity index (χ3n) is 2.30. The van der Waals surface area contributed by atoms with Crippen LogP contribution < -0.4 is 0 Å². The van der Waals surface area contributed by atoms with Gasteiger partial charge in [0.25, 0.3) is 5.69 Å². The Morgan fingerprint density at radius 2 is 1.65 bits per heavy atom. The Hall–Kier alpha value is -1.81. The molecule has 86 valence electrons. The van der Waals surface area contributed by atoms with Crippen molar-refractivity contribution < 1.29 is 4.92 Å². The van der Waals surface area contributed by atoms with E-state index in [1.54, 1.807) is 12.1 Å². The van der Waals surface area contributed by atoms with Crippen LogP contribution in [0.25, 0.3) is 0 Å². The summed E-state index contributed by atoms with van der Waals surface area (Å²) in [7, 11) is 0. The lowest BCUT2D eigenvalue weighted by Gasteiger charge is -2.02. The minimum atomic E-state index is -0.340. The monoisotopic (exact) mass is 251 g/mol.